The summed E-state index contributed by atoms with van der Waals surface area (Å²) < 4.78 is 5.41. The molecule has 96 valence electrons. The third-order valence-corrected chi connectivity index (χ3v) is 4.02. The minimum absolute atomic E-state index is 0.0804. The van der Waals surface area contributed by atoms with Gasteiger partial charge in [-0.2, -0.15) is 0 Å². The highest BCUT2D eigenvalue weighted by atomic mass is 16.5. The lowest BCUT2D eigenvalue weighted by Crippen LogP contribution is -2.18. The fourth-order valence-corrected chi connectivity index (χ4v) is 2.80. The highest BCUT2D eigenvalue weighted by Crippen LogP contribution is 2.36. The van der Waals surface area contributed by atoms with Crippen molar-refractivity contribution in [2.24, 2.45) is 0 Å². The van der Waals surface area contributed by atoms with E-state index in [9.17, 15) is 4.79 Å². The molecule has 3 rings (SSSR count). The third-order valence-electron chi connectivity index (χ3n) is 4.02. The van der Waals surface area contributed by atoms with E-state index in [0.29, 0.717) is 5.75 Å². The van der Waals surface area contributed by atoms with Gasteiger partial charge in [-0.1, -0.05) is 24.3 Å². The predicted molar refractivity (Wildman–Crippen MR) is 75.1 cm³/mol. The zero-order valence-electron chi connectivity index (χ0n) is 11.4. The highest BCUT2D eigenvalue weighted by molar-refractivity contribution is 6.14. The van der Waals surface area contributed by atoms with Crippen LogP contribution in [0.3, 0.4) is 0 Å². The number of ketones is 1. The Hall–Kier alpha value is -2.09. The van der Waals surface area contributed by atoms with Crippen LogP contribution in [0.2, 0.25) is 0 Å². The molecule has 0 spiro atoms. The molecule has 0 bridgehead atoms. The second-order valence-corrected chi connectivity index (χ2v) is 5.04. The summed E-state index contributed by atoms with van der Waals surface area (Å²) in [5, 5.41) is 0. The van der Waals surface area contributed by atoms with E-state index < -0.39 is 0 Å². The van der Waals surface area contributed by atoms with Crippen molar-refractivity contribution in [2.75, 3.05) is 7.11 Å². The molecule has 0 N–H and O–H groups in total. The fourth-order valence-electron chi connectivity index (χ4n) is 2.80. The molecule has 0 amide bonds. The van der Waals surface area contributed by atoms with Gasteiger partial charge in [-0.25, -0.2) is 0 Å². The van der Waals surface area contributed by atoms with E-state index in [-0.39, 0.29) is 5.78 Å². The van der Waals surface area contributed by atoms with Crippen molar-refractivity contribution in [1.29, 1.82) is 0 Å². The number of hydrogen-bond donors (Lipinski definition) is 0. The van der Waals surface area contributed by atoms with Crippen molar-refractivity contribution in [1.82, 2.24) is 0 Å². The number of fused-ring (bicyclic) bond motifs is 2. The SMILES string of the molecule is COc1cc(C)c(C)c2c1C(=O)c1ccccc1C2. The number of carbonyl (C=O) groups is 1. The molecule has 2 heteroatoms. The first-order valence-electron chi connectivity index (χ1n) is 6.43. The molecule has 2 nitrogen and oxygen atoms in total. The molecule has 0 atom stereocenters. The normalized spacial score (nSPS) is 12.9. The number of methoxy groups -OCH3 is 1. The molecule has 0 fully saturated rings. The molecule has 0 saturated heterocycles. The van der Waals surface area contributed by atoms with Gasteiger partial charge in [0.25, 0.3) is 0 Å². The molecular weight excluding hydrogens is 236 g/mol. The average molecular weight is 252 g/mol. The Morgan fingerprint density at radius 3 is 2.63 bits per heavy atom. The summed E-state index contributed by atoms with van der Waals surface area (Å²) in [5.74, 6) is 0.773. The summed E-state index contributed by atoms with van der Waals surface area (Å²) in [6.07, 6.45) is 0.807. The molecule has 0 aromatic heterocycles. The number of hydrogen-bond acceptors (Lipinski definition) is 2. The molecular formula is C17H16O2. The van der Waals surface area contributed by atoms with Crippen LogP contribution in [-0.4, -0.2) is 12.9 Å². The van der Waals surface area contributed by atoms with Crippen LogP contribution < -0.4 is 4.74 Å². The lowest BCUT2D eigenvalue weighted by atomic mass is 9.81. The van der Waals surface area contributed by atoms with E-state index >= 15 is 0 Å². The van der Waals surface area contributed by atoms with E-state index in [1.807, 2.05) is 30.3 Å². The Labute approximate surface area is 113 Å². The third kappa shape index (κ3) is 1.67. The van der Waals surface area contributed by atoms with Gasteiger partial charge in [0.2, 0.25) is 0 Å². The zero-order chi connectivity index (χ0) is 13.6. The van der Waals surface area contributed by atoms with E-state index in [1.165, 1.54) is 11.1 Å². The standard InChI is InChI=1S/C17H16O2/c1-10-8-15(19-3)16-14(11(10)2)9-12-6-4-5-7-13(12)17(16)18/h4-8H,9H2,1-3H3. The molecule has 2 aromatic rings. The van der Waals surface area contributed by atoms with Gasteiger partial charge in [-0.15, -0.1) is 0 Å². The Bertz CT molecular complexity index is 684. The Morgan fingerprint density at radius 2 is 1.89 bits per heavy atom. The molecule has 0 unspecified atom stereocenters. The topological polar surface area (TPSA) is 26.3 Å². The highest BCUT2D eigenvalue weighted by Gasteiger charge is 2.28. The van der Waals surface area contributed by atoms with Gasteiger partial charge in [0.1, 0.15) is 5.75 Å². The Balaban J connectivity index is 2.31. The van der Waals surface area contributed by atoms with Crippen LogP contribution in [0.4, 0.5) is 0 Å². The van der Waals surface area contributed by atoms with Crippen molar-refractivity contribution in [3.05, 3.63) is 63.7 Å². The first-order valence-corrected chi connectivity index (χ1v) is 6.43. The fraction of sp³-hybridized carbons (Fsp3) is 0.235. The molecule has 1 aliphatic carbocycles. The summed E-state index contributed by atoms with van der Waals surface area (Å²) in [6.45, 7) is 4.14. The van der Waals surface area contributed by atoms with Crippen LogP contribution in [-0.2, 0) is 6.42 Å². The van der Waals surface area contributed by atoms with Crippen molar-refractivity contribution >= 4 is 5.78 Å². The van der Waals surface area contributed by atoms with Crippen LogP contribution in [0.25, 0.3) is 0 Å². The molecule has 0 heterocycles. The van der Waals surface area contributed by atoms with Crippen molar-refractivity contribution < 1.29 is 9.53 Å². The van der Waals surface area contributed by atoms with Crippen molar-refractivity contribution in [3.63, 3.8) is 0 Å². The number of carbonyl (C=O) groups excluding carboxylic acids is 1. The second-order valence-electron chi connectivity index (χ2n) is 5.04. The smallest absolute Gasteiger partial charge is 0.197 e. The maximum atomic E-state index is 12.7. The van der Waals surface area contributed by atoms with Gasteiger partial charge in [-0.05, 0) is 48.6 Å². The quantitative estimate of drug-likeness (QED) is 0.663. The van der Waals surface area contributed by atoms with Gasteiger partial charge in [0.15, 0.2) is 5.78 Å². The second kappa shape index (κ2) is 4.23. The number of rotatable bonds is 1. The summed E-state index contributed by atoms with van der Waals surface area (Å²) in [6, 6.07) is 9.79. The van der Waals surface area contributed by atoms with Gasteiger partial charge >= 0.3 is 0 Å². The zero-order valence-corrected chi connectivity index (χ0v) is 11.4. The molecule has 0 saturated carbocycles. The average Bonchev–Trinajstić information content (AvgIpc) is 2.43. The van der Waals surface area contributed by atoms with Gasteiger partial charge in [-0.3, -0.25) is 4.79 Å². The molecule has 2 aromatic carbocycles. The van der Waals surface area contributed by atoms with Gasteiger partial charge in [0.05, 0.1) is 12.7 Å². The van der Waals surface area contributed by atoms with Gasteiger partial charge < -0.3 is 4.74 Å². The van der Waals surface area contributed by atoms with Crippen LogP contribution >= 0.6 is 0 Å². The maximum absolute atomic E-state index is 12.7. The van der Waals surface area contributed by atoms with Crippen LogP contribution in [0.15, 0.2) is 30.3 Å². The Kier molecular flexibility index (Phi) is 2.67. The monoisotopic (exact) mass is 252 g/mol. The number of aryl methyl sites for hydroxylation is 1. The predicted octanol–water partition coefficient (Wildman–Crippen LogP) is 3.45. The summed E-state index contributed by atoms with van der Waals surface area (Å²) >= 11 is 0. The summed E-state index contributed by atoms with van der Waals surface area (Å²) in [4.78, 5) is 12.7. The van der Waals surface area contributed by atoms with Crippen LogP contribution in [0.1, 0.15) is 38.2 Å². The van der Waals surface area contributed by atoms with Crippen LogP contribution in [0.5, 0.6) is 5.75 Å². The molecule has 0 radical (unpaired) electrons. The first-order chi connectivity index (χ1) is 9.13. The molecule has 1 aliphatic rings. The van der Waals surface area contributed by atoms with E-state index in [1.54, 1.807) is 7.11 Å². The maximum Gasteiger partial charge on any atom is 0.197 e. The van der Waals surface area contributed by atoms with E-state index in [4.69, 9.17) is 4.74 Å². The minimum Gasteiger partial charge on any atom is -0.496 e. The number of ether oxygens (including phenoxy) is 1. The van der Waals surface area contributed by atoms with Gasteiger partial charge in [0, 0.05) is 5.56 Å². The first kappa shape index (κ1) is 12.0. The van der Waals surface area contributed by atoms with Crippen molar-refractivity contribution in [3.8, 4) is 5.75 Å². The largest absolute Gasteiger partial charge is 0.496 e. The van der Waals surface area contributed by atoms with Crippen molar-refractivity contribution in [2.45, 2.75) is 20.3 Å². The minimum atomic E-state index is 0.0804. The van der Waals surface area contributed by atoms with Crippen LogP contribution in [0, 0.1) is 13.8 Å². The molecule has 19 heavy (non-hydrogen) atoms. The van der Waals surface area contributed by atoms with E-state index in [2.05, 4.69) is 13.8 Å². The number of benzene rings is 2. The Morgan fingerprint density at radius 1 is 1.16 bits per heavy atom. The summed E-state index contributed by atoms with van der Waals surface area (Å²) in [7, 11) is 1.62. The molecule has 0 aliphatic heterocycles. The lowest BCUT2D eigenvalue weighted by Gasteiger charge is -2.23. The lowest BCUT2D eigenvalue weighted by molar-refractivity contribution is 0.103. The summed E-state index contributed by atoms with van der Waals surface area (Å²) in [5.41, 5.74) is 6.12. The van der Waals surface area contributed by atoms with E-state index in [0.717, 1.165) is 28.7 Å².